The second kappa shape index (κ2) is 6.49. The lowest BCUT2D eigenvalue weighted by Crippen LogP contribution is -2.65. The molecule has 2 aliphatic rings. The molecule has 0 unspecified atom stereocenters. The van der Waals surface area contributed by atoms with E-state index in [1.165, 1.54) is 6.42 Å². The van der Waals surface area contributed by atoms with E-state index in [2.05, 4.69) is 10.0 Å². The van der Waals surface area contributed by atoms with Crippen molar-refractivity contribution in [3.63, 3.8) is 0 Å². The van der Waals surface area contributed by atoms with Crippen molar-refractivity contribution in [1.82, 2.24) is 14.3 Å². The molecule has 0 amide bonds. The van der Waals surface area contributed by atoms with Crippen LogP contribution >= 0.6 is 0 Å². The van der Waals surface area contributed by atoms with Gasteiger partial charge in [-0.05, 0) is 12.8 Å². The normalized spacial score (nSPS) is 24.7. The van der Waals surface area contributed by atoms with Gasteiger partial charge in [-0.2, -0.15) is 17.4 Å². The van der Waals surface area contributed by atoms with Crippen LogP contribution in [-0.2, 0) is 14.9 Å². The van der Waals surface area contributed by atoms with E-state index in [-0.39, 0.29) is 5.54 Å². The minimum absolute atomic E-state index is 0.213. The van der Waals surface area contributed by atoms with Crippen LogP contribution in [0, 0.1) is 0 Å². The third-order valence-corrected chi connectivity index (χ3v) is 5.86. The van der Waals surface area contributed by atoms with Crippen LogP contribution < -0.4 is 10.0 Å². The molecule has 1 aliphatic heterocycles. The van der Waals surface area contributed by atoms with E-state index in [1.807, 2.05) is 0 Å². The van der Waals surface area contributed by atoms with E-state index in [9.17, 15) is 8.42 Å². The lowest BCUT2D eigenvalue weighted by atomic mass is 9.80. The fourth-order valence-corrected chi connectivity index (χ4v) is 4.77. The number of ether oxygens (including phenoxy) is 1. The molecule has 0 bridgehead atoms. The van der Waals surface area contributed by atoms with Crippen LogP contribution in [0.5, 0.6) is 0 Å². The maximum Gasteiger partial charge on any atom is 0.280 e. The van der Waals surface area contributed by atoms with Crippen LogP contribution in [0.3, 0.4) is 0 Å². The second-order valence-corrected chi connectivity index (χ2v) is 7.11. The molecule has 2 fully saturated rings. The molecule has 0 aromatic rings. The van der Waals surface area contributed by atoms with Gasteiger partial charge >= 0.3 is 0 Å². The minimum Gasteiger partial charge on any atom is -0.383 e. The van der Waals surface area contributed by atoms with Crippen molar-refractivity contribution in [3.8, 4) is 0 Å². The Morgan fingerprint density at radius 2 is 2.05 bits per heavy atom. The maximum atomic E-state index is 12.5. The van der Waals surface area contributed by atoms with Gasteiger partial charge in [0.2, 0.25) is 0 Å². The van der Waals surface area contributed by atoms with Crippen LogP contribution in [0.1, 0.15) is 32.1 Å². The number of rotatable bonds is 5. The molecule has 1 spiro atoms. The Labute approximate surface area is 116 Å². The number of methoxy groups -OCH3 is 1. The van der Waals surface area contributed by atoms with E-state index >= 15 is 0 Å². The van der Waals surface area contributed by atoms with Gasteiger partial charge in [0.25, 0.3) is 10.2 Å². The molecule has 1 heterocycles. The van der Waals surface area contributed by atoms with E-state index < -0.39 is 10.2 Å². The van der Waals surface area contributed by atoms with Gasteiger partial charge in [-0.15, -0.1) is 0 Å². The molecular formula is C12H25N3O3S. The molecule has 19 heavy (non-hydrogen) atoms. The molecule has 0 radical (unpaired) electrons. The van der Waals surface area contributed by atoms with Gasteiger partial charge in [0.05, 0.1) is 6.61 Å². The fourth-order valence-electron chi connectivity index (χ4n) is 3.19. The van der Waals surface area contributed by atoms with Gasteiger partial charge in [-0.1, -0.05) is 19.3 Å². The molecule has 0 atom stereocenters. The summed E-state index contributed by atoms with van der Waals surface area (Å²) in [4.78, 5) is 0. The molecule has 0 aromatic carbocycles. The summed E-state index contributed by atoms with van der Waals surface area (Å²) in [5.74, 6) is 0. The predicted molar refractivity (Wildman–Crippen MR) is 74.2 cm³/mol. The third-order valence-electron chi connectivity index (χ3n) is 4.14. The largest absolute Gasteiger partial charge is 0.383 e. The summed E-state index contributed by atoms with van der Waals surface area (Å²) < 4.78 is 34.2. The first kappa shape index (κ1) is 15.2. The quantitative estimate of drug-likeness (QED) is 0.704. The predicted octanol–water partition coefficient (Wildman–Crippen LogP) is 0.0753. The monoisotopic (exact) mass is 291 g/mol. The lowest BCUT2D eigenvalue weighted by Gasteiger charge is -2.48. The van der Waals surface area contributed by atoms with Crippen molar-refractivity contribution >= 4 is 10.2 Å². The summed E-state index contributed by atoms with van der Waals surface area (Å²) in [6.07, 6.45) is 5.38. The molecule has 0 aromatic heterocycles. The Hall–Kier alpha value is -0.210. The lowest BCUT2D eigenvalue weighted by molar-refractivity contribution is 0.0991. The highest BCUT2D eigenvalue weighted by molar-refractivity contribution is 7.87. The van der Waals surface area contributed by atoms with Gasteiger partial charge < -0.3 is 10.1 Å². The Bertz CT molecular complexity index is 371. The van der Waals surface area contributed by atoms with Crippen LogP contribution in [-0.4, -0.2) is 58.2 Å². The van der Waals surface area contributed by atoms with Gasteiger partial charge in [0, 0.05) is 38.8 Å². The summed E-state index contributed by atoms with van der Waals surface area (Å²) in [5, 5.41) is 3.36. The fraction of sp³-hybridized carbons (Fsp3) is 1.00. The van der Waals surface area contributed by atoms with E-state index in [1.54, 1.807) is 11.4 Å². The van der Waals surface area contributed by atoms with Crippen LogP contribution in [0.15, 0.2) is 0 Å². The Kier molecular flexibility index (Phi) is 5.19. The van der Waals surface area contributed by atoms with Crippen LogP contribution in [0.2, 0.25) is 0 Å². The molecule has 2 rings (SSSR count). The zero-order valence-electron chi connectivity index (χ0n) is 11.7. The molecule has 2 N–H and O–H groups in total. The molecule has 7 heteroatoms. The van der Waals surface area contributed by atoms with Gasteiger partial charge in [0.15, 0.2) is 0 Å². The third kappa shape index (κ3) is 3.46. The van der Waals surface area contributed by atoms with Crippen molar-refractivity contribution in [2.24, 2.45) is 0 Å². The number of nitrogens with one attached hydrogen (secondary N) is 2. The van der Waals surface area contributed by atoms with E-state index in [4.69, 9.17) is 4.74 Å². The first-order valence-electron chi connectivity index (χ1n) is 7.08. The van der Waals surface area contributed by atoms with Crippen molar-refractivity contribution in [3.05, 3.63) is 0 Å². The summed E-state index contributed by atoms with van der Waals surface area (Å²) in [7, 11) is -1.83. The van der Waals surface area contributed by atoms with E-state index in [0.29, 0.717) is 19.7 Å². The Balaban J connectivity index is 2.10. The topological polar surface area (TPSA) is 70.7 Å². The van der Waals surface area contributed by atoms with Crippen LogP contribution in [0.4, 0.5) is 0 Å². The summed E-state index contributed by atoms with van der Waals surface area (Å²) in [6.45, 7) is 2.80. The number of piperazine rings is 1. The first-order valence-corrected chi connectivity index (χ1v) is 8.52. The summed E-state index contributed by atoms with van der Waals surface area (Å²) in [6, 6.07) is 0. The average Bonchev–Trinajstić information content (AvgIpc) is 2.40. The number of hydrogen-bond acceptors (Lipinski definition) is 4. The highest BCUT2D eigenvalue weighted by Gasteiger charge is 2.45. The highest BCUT2D eigenvalue weighted by atomic mass is 32.2. The molecule has 1 aliphatic carbocycles. The summed E-state index contributed by atoms with van der Waals surface area (Å²) >= 11 is 0. The van der Waals surface area contributed by atoms with E-state index in [0.717, 1.165) is 38.8 Å². The first-order chi connectivity index (χ1) is 9.11. The Morgan fingerprint density at radius 1 is 1.32 bits per heavy atom. The summed E-state index contributed by atoms with van der Waals surface area (Å²) in [5.41, 5.74) is -0.213. The average molecular weight is 291 g/mol. The Morgan fingerprint density at radius 3 is 2.74 bits per heavy atom. The molecule has 112 valence electrons. The molecule has 1 saturated carbocycles. The van der Waals surface area contributed by atoms with Crippen molar-refractivity contribution < 1.29 is 13.2 Å². The molecule has 6 nitrogen and oxygen atoms in total. The van der Waals surface area contributed by atoms with Crippen molar-refractivity contribution in [2.75, 3.05) is 39.9 Å². The van der Waals surface area contributed by atoms with Gasteiger partial charge in [-0.25, -0.2) is 0 Å². The van der Waals surface area contributed by atoms with Crippen LogP contribution in [0.25, 0.3) is 0 Å². The van der Waals surface area contributed by atoms with Crippen molar-refractivity contribution in [2.45, 2.75) is 37.6 Å². The SMILES string of the molecule is COCCNS(=O)(=O)N1CCNCC12CCCCC2. The van der Waals surface area contributed by atoms with Gasteiger partial charge in [-0.3, -0.25) is 0 Å². The number of nitrogens with zero attached hydrogens (tertiary/aromatic N) is 1. The maximum absolute atomic E-state index is 12.5. The zero-order valence-corrected chi connectivity index (χ0v) is 12.5. The zero-order chi connectivity index (χ0) is 13.8. The smallest absolute Gasteiger partial charge is 0.280 e. The van der Waals surface area contributed by atoms with Gasteiger partial charge in [0.1, 0.15) is 0 Å². The number of hydrogen-bond donors (Lipinski definition) is 2. The van der Waals surface area contributed by atoms with Crippen molar-refractivity contribution in [1.29, 1.82) is 0 Å². The minimum atomic E-state index is -3.40. The highest BCUT2D eigenvalue weighted by Crippen LogP contribution is 2.35. The molecular weight excluding hydrogens is 266 g/mol. The molecule has 1 saturated heterocycles. The standard InChI is InChI=1S/C12H25N3O3S/c1-18-10-8-14-19(16,17)15-9-7-13-11-12(15)5-3-2-4-6-12/h13-14H,2-11H2,1H3. The second-order valence-electron chi connectivity index (χ2n) is 5.43.